The van der Waals surface area contributed by atoms with E-state index in [1.807, 2.05) is 0 Å². The fourth-order valence-corrected chi connectivity index (χ4v) is 0.799. The van der Waals surface area contributed by atoms with Crippen LogP contribution in [0.1, 0.15) is 20.3 Å². The summed E-state index contributed by atoms with van der Waals surface area (Å²) in [6.07, 6.45) is 0.0907. The second kappa shape index (κ2) is 4.45. The van der Waals surface area contributed by atoms with Gasteiger partial charge in [0.1, 0.15) is 0 Å². The molecule has 0 fully saturated rings. The Bertz CT molecular complexity index is 286. The van der Waals surface area contributed by atoms with Gasteiger partial charge in [0.15, 0.2) is 0 Å². The van der Waals surface area contributed by atoms with Gasteiger partial charge in [0.2, 0.25) is 0 Å². The fraction of sp³-hybridized carbons (Fsp3) is 0.333. The highest BCUT2D eigenvalue weighted by Crippen LogP contribution is 2.14. The average Bonchev–Trinajstić information content (AvgIpc) is 1.97. The van der Waals surface area contributed by atoms with Gasteiger partial charge in [-0.25, -0.2) is 9.59 Å². The summed E-state index contributed by atoms with van der Waals surface area (Å²) in [4.78, 5) is 21.1. The lowest BCUT2D eigenvalue weighted by atomic mass is 10.0. The van der Waals surface area contributed by atoms with Crippen LogP contribution in [0.2, 0.25) is 0 Å². The first-order chi connectivity index (χ1) is 5.86. The molecule has 0 aromatic heterocycles. The Labute approximate surface area is 76.2 Å². The summed E-state index contributed by atoms with van der Waals surface area (Å²) in [5.41, 5.74) is 0.369. The van der Waals surface area contributed by atoms with Crippen LogP contribution >= 0.6 is 0 Å². The van der Waals surface area contributed by atoms with Crippen molar-refractivity contribution in [2.24, 2.45) is 0 Å². The lowest BCUT2D eigenvalue weighted by Crippen LogP contribution is -2.09. The summed E-state index contributed by atoms with van der Waals surface area (Å²) in [7, 11) is 0. The Morgan fingerprint density at radius 1 is 1.15 bits per heavy atom. The quantitative estimate of drug-likeness (QED) is 0.512. The lowest BCUT2D eigenvalue weighted by molar-refractivity contribution is -0.136. The van der Waals surface area contributed by atoms with Gasteiger partial charge in [0.05, 0.1) is 5.57 Å². The van der Waals surface area contributed by atoms with E-state index in [1.165, 1.54) is 6.92 Å². The van der Waals surface area contributed by atoms with E-state index in [4.69, 9.17) is 10.2 Å². The zero-order valence-electron chi connectivity index (χ0n) is 7.63. The molecule has 0 saturated carbocycles. The van der Waals surface area contributed by atoms with Crippen LogP contribution in [0.4, 0.5) is 0 Å². The van der Waals surface area contributed by atoms with E-state index in [0.29, 0.717) is 5.57 Å². The van der Waals surface area contributed by atoms with Crippen LogP contribution in [0, 0.1) is 0 Å². The van der Waals surface area contributed by atoms with Crippen LogP contribution in [0.5, 0.6) is 0 Å². The Morgan fingerprint density at radius 2 is 1.62 bits per heavy atom. The number of carboxylic acids is 2. The minimum absolute atomic E-state index is 0.0907. The molecule has 72 valence electrons. The third-order valence-electron chi connectivity index (χ3n) is 1.51. The van der Waals surface area contributed by atoms with Crippen LogP contribution in [0.15, 0.2) is 23.3 Å². The minimum atomic E-state index is -1.21. The Balaban J connectivity index is 5.00. The SMILES string of the molecule is C=C(C)C/C(C(=O)O)=C(/C)C(=O)O. The van der Waals surface area contributed by atoms with Crippen molar-refractivity contribution in [3.05, 3.63) is 23.3 Å². The molecule has 0 amide bonds. The van der Waals surface area contributed by atoms with Gasteiger partial charge in [-0.05, 0) is 13.8 Å². The van der Waals surface area contributed by atoms with Gasteiger partial charge in [-0.15, -0.1) is 0 Å². The number of rotatable bonds is 4. The van der Waals surface area contributed by atoms with Gasteiger partial charge in [0.25, 0.3) is 0 Å². The van der Waals surface area contributed by atoms with E-state index >= 15 is 0 Å². The van der Waals surface area contributed by atoms with Crippen LogP contribution in [0.25, 0.3) is 0 Å². The van der Waals surface area contributed by atoms with Crippen LogP contribution in [-0.4, -0.2) is 22.2 Å². The molecule has 0 unspecified atom stereocenters. The van der Waals surface area contributed by atoms with E-state index in [-0.39, 0.29) is 17.6 Å². The third kappa shape index (κ3) is 3.55. The molecule has 0 rings (SSSR count). The van der Waals surface area contributed by atoms with E-state index in [1.54, 1.807) is 6.92 Å². The van der Waals surface area contributed by atoms with Crippen LogP contribution < -0.4 is 0 Å². The Hall–Kier alpha value is -1.58. The first-order valence-corrected chi connectivity index (χ1v) is 3.67. The number of hydrogen-bond acceptors (Lipinski definition) is 2. The zero-order chi connectivity index (χ0) is 10.6. The van der Waals surface area contributed by atoms with Crippen molar-refractivity contribution in [3.63, 3.8) is 0 Å². The molecule has 13 heavy (non-hydrogen) atoms. The maximum atomic E-state index is 10.6. The molecular formula is C9H12O4. The molecule has 0 heterocycles. The summed E-state index contributed by atoms with van der Waals surface area (Å²) >= 11 is 0. The van der Waals surface area contributed by atoms with E-state index < -0.39 is 11.9 Å². The van der Waals surface area contributed by atoms with Crippen LogP contribution in [-0.2, 0) is 9.59 Å². The summed E-state index contributed by atoms with van der Waals surface area (Å²) in [5.74, 6) is -2.42. The predicted molar refractivity (Wildman–Crippen MR) is 47.4 cm³/mol. The van der Waals surface area contributed by atoms with E-state index in [2.05, 4.69) is 6.58 Å². The molecule has 0 aliphatic heterocycles. The summed E-state index contributed by atoms with van der Waals surface area (Å²) in [6, 6.07) is 0. The van der Waals surface area contributed by atoms with Gasteiger partial charge in [-0.3, -0.25) is 0 Å². The largest absolute Gasteiger partial charge is 0.478 e. The topological polar surface area (TPSA) is 74.6 Å². The number of carbonyl (C=O) groups is 2. The second-order valence-electron chi connectivity index (χ2n) is 2.85. The molecule has 0 aliphatic rings. The molecule has 0 spiro atoms. The van der Waals surface area contributed by atoms with Crippen molar-refractivity contribution >= 4 is 11.9 Å². The van der Waals surface area contributed by atoms with E-state index in [9.17, 15) is 9.59 Å². The maximum absolute atomic E-state index is 10.6. The summed E-state index contributed by atoms with van der Waals surface area (Å²) in [6.45, 7) is 6.45. The second-order valence-corrected chi connectivity index (χ2v) is 2.85. The highest BCUT2D eigenvalue weighted by Gasteiger charge is 2.15. The number of carboxylic acid groups (broad SMARTS) is 2. The zero-order valence-corrected chi connectivity index (χ0v) is 7.63. The minimum Gasteiger partial charge on any atom is -0.478 e. The van der Waals surface area contributed by atoms with Crippen molar-refractivity contribution in [1.82, 2.24) is 0 Å². The van der Waals surface area contributed by atoms with Crippen molar-refractivity contribution in [2.45, 2.75) is 20.3 Å². The Kier molecular flexibility index (Phi) is 3.91. The predicted octanol–water partition coefficient (Wildman–Crippen LogP) is 1.44. The molecule has 0 atom stereocenters. The molecule has 0 bridgehead atoms. The van der Waals surface area contributed by atoms with E-state index in [0.717, 1.165) is 0 Å². The molecule has 4 heteroatoms. The first-order valence-electron chi connectivity index (χ1n) is 3.67. The monoisotopic (exact) mass is 184 g/mol. The molecule has 0 aliphatic carbocycles. The molecule has 0 saturated heterocycles. The average molecular weight is 184 g/mol. The van der Waals surface area contributed by atoms with Crippen molar-refractivity contribution in [3.8, 4) is 0 Å². The van der Waals surface area contributed by atoms with Crippen molar-refractivity contribution in [2.75, 3.05) is 0 Å². The summed E-state index contributed by atoms with van der Waals surface area (Å²) < 4.78 is 0. The highest BCUT2D eigenvalue weighted by atomic mass is 16.4. The molecule has 2 N–H and O–H groups in total. The van der Waals surface area contributed by atoms with Gasteiger partial charge in [-0.1, -0.05) is 12.2 Å². The molecule has 0 radical (unpaired) electrons. The first kappa shape index (κ1) is 11.4. The Morgan fingerprint density at radius 3 is 1.85 bits per heavy atom. The molecule has 0 aromatic carbocycles. The van der Waals surface area contributed by atoms with Gasteiger partial charge >= 0.3 is 11.9 Å². The summed E-state index contributed by atoms with van der Waals surface area (Å²) in [5, 5.41) is 17.2. The number of hydrogen-bond donors (Lipinski definition) is 2. The fourth-order valence-electron chi connectivity index (χ4n) is 0.799. The van der Waals surface area contributed by atoms with Gasteiger partial charge < -0.3 is 10.2 Å². The molecular weight excluding hydrogens is 172 g/mol. The van der Waals surface area contributed by atoms with Crippen LogP contribution in [0.3, 0.4) is 0 Å². The third-order valence-corrected chi connectivity index (χ3v) is 1.51. The molecule has 4 nitrogen and oxygen atoms in total. The number of aliphatic carboxylic acids is 2. The van der Waals surface area contributed by atoms with Crippen molar-refractivity contribution in [1.29, 1.82) is 0 Å². The lowest BCUT2D eigenvalue weighted by Gasteiger charge is -2.03. The van der Waals surface area contributed by atoms with Crippen molar-refractivity contribution < 1.29 is 19.8 Å². The van der Waals surface area contributed by atoms with Gasteiger partial charge in [-0.2, -0.15) is 0 Å². The maximum Gasteiger partial charge on any atom is 0.332 e. The highest BCUT2D eigenvalue weighted by molar-refractivity contribution is 5.98. The standard InChI is InChI=1S/C9H12O4/c1-5(2)4-7(9(12)13)6(3)8(10)11/h1,4H2,2-3H3,(H,10,11)(H,12,13)/b7-6+. The molecule has 0 aromatic rings. The normalized spacial score (nSPS) is 11.8. The number of allylic oxidation sites excluding steroid dienone is 1. The van der Waals surface area contributed by atoms with Gasteiger partial charge in [0, 0.05) is 12.0 Å². The smallest absolute Gasteiger partial charge is 0.332 e.